The Morgan fingerprint density at radius 3 is 2.71 bits per heavy atom. The summed E-state index contributed by atoms with van der Waals surface area (Å²) in [4.78, 5) is 26.6. The number of carbonyl (C=O) groups is 1. The zero-order chi connectivity index (χ0) is 25.1. The number of aromatic nitrogens is 3. The van der Waals surface area contributed by atoms with Gasteiger partial charge < -0.3 is 14.3 Å². The predicted molar refractivity (Wildman–Crippen MR) is 130 cm³/mol. The first kappa shape index (κ1) is 24.0. The number of hydrogen-bond acceptors (Lipinski definition) is 8. The van der Waals surface area contributed by atoms with Crippen LogP contribution >= 0.6 is 23.4 Å². The van der Waals surface area contributed by atoms with E-state index < -0.39 is 10.9 Å². The number of furan rings is 1. The van der Waals surface area contributed by atoms with Crippen molar-refractivity contribution in [1.82, 2.24) is 15.2 Å². The lowest BCUT2D eigenvalue weighted by atomic mass is 10.1. The van der Waals surface area contributed by atoms with Gasteiger partial charge in [-0.05, 0) is 60.6 Å². The van der Waals surface area contributed by atoms with Gasteiger partial charge in [-0.15, -0.1) is 5.10 Å². The highest BCUT2D eigenvalue weighted by molar-refractivity contribution is 8.04. The largest absolute Gasteiger partial charge is 0.496 e. The number of nitro benzene ring substituents is 1. The van der Waals surface area contributed by atoms with Gasteiger partial charge in [0.15, 0.2) is 5.82 Å². The molecule has 0 aliphatic rings. The van der Waals surface area contributed by atoms with E-state index in [2.05, 4.69) is 15.2 Å². The van der Waals surface area contributed by atoms with Gasteiger partial charge in [-0.3, -0.25) is 15.2 Å². The molecule has 12 heteroatoms. The SMILES string of the molecule is COc1ccc(Cl)cc1-c1nc(S/C(=C\c2ccc(-c3ccc([N+](=O)[O-])cc3C)o2)C(=O)O)n[nH]1. The van der Waals surface area contributed by atoms with Crippen LogP contribution in [0.3, 0.4) is 0 Å². The molecule has 2 N–H and O–H groups in total. The van der Waals surface area contributed by atoms with Crippen LogP contribution in [0.4, 0.5) is 5.69 Å². The summed E-state index contributed by atoms with van der Waals surface area (Å²) in [5.74, 6) is 0.443. The number of nitrogens with one attached hydrogen (secondary N) is 1. The normalized spacial score (nSPS) is 11.5. The van der Waals surface area contributed by atoms with Crippen molar-refractivity contribution < 1.29 is 24.0 Å². The molecule has 0 radical (unpaired) electrons. The first-order chi connectivity index (χ1) is 16.7. The van der Waals surface area contributed by atoms with Crippen molar-refractivity contribution in [3.8, 4) is 28.5 Å². The second-order valence-corrected chi connectivity index (χ2v) is 8.63. The van der Waals surface area contributed by atoms with Gasteiger partial charge >= 0.3 is 5.97 Å². The van der Waals surface area contributed by atoms with Crippen molar-refractivity contribution in [3.05, 3.63) is 79.9 Å². The molecule has 178 valence electrons. The average molecular weight is 513 g/mol. The lowest BCUT2D eigenvalue weighted by Crippen LogP contribution is -1.97. The summed E-state index contributed by atoms with van der Waals surface area (Å²) in [5.41, 5.74) is 1.87. The average Bonchev–Trinajstić information content (AvgIpc) is 3.48. The van der Waals surface area contributed by atoms with Crippen LogP contribution in [0, 0.1) is 17.0 Å². The Kier molecular flexibility index (Phi) is 6.90. The molecule has 35 heavy (non-hydrogen) atoms. The van der Waals surface area contributed by atoms with Gasteiger partial charge in [-0.1, -0.05) is 11.6 Å². The molecule has 0 aliphatic heterocycles. The fourth-order valence-corrected chi connectivity index (χ4v) is 4.11. The lowest BCUT2D eigenvalue weighted by molar-refractivity contribution is -0.384. The van der Waals surface area contributed by atoms with Gasteiger partial charge in [0.25, 0.3) is 5.69 Å². The van der Waals surface area contributed by atoms with Crippen LogP contribution in [0.1, 0.15) is 11.3 Å². The fraction of sp³-hybridized carbons (Fsp3) is 0.0870. The number of thioether (sulfide) groups is 1. The Bertz CT molecular complexity index is 1460. The number of carboxylic acid groups (broad SMARTS) is 1. The molecule has 2 aromatic carbocycles. The Balaban J connectivity index is 1.59. The summed E-state index contributed by atoms with van der Waals surface area (Å²) in [6, 6.07) is 12.7. The van der Waals surface area contributed by atoms with Gasteiger partial charge in [0, 0.05) is 28.8 Å². The lowest BCUT2D eigenvalue weighted by Gasteiger charge is -2.05. The van der Waals surface area contributed by atoms with Gasteiger partial charge in [-0.2, -0.15) is 0 Å². The third kappa shape index (κ3) is 5.36. The van der Waals surface area contributed by atoms with Gasteiger partial charge in [-0.25, -0.2) is 9.78 Å². The number of benzene rings is 2. The number of H-pyrrole nitrogens is 1. The van der Waals surface area contributed by atoms with Crippen molar-refractivity contribution in [2.45, 2.75) is 12.1 Å². The minimum Gasteiger partial charge on any atom is -0.496 e. The van der Waals surface area contributed by atoms with Crippen molar-refractivity contribution >= 4 is 41.1 Å². The van der Waals surface area contributed by atoms with E-state index in [-0.39, 0.29) is 21.5 Å². The topological polar surface area (TPSA) is 144 Å². The van der Waals surface area contributed by atoms with Crippen LogP contribution in [0.15, 0.2) is 63.0 Å². The third-order valence-corrected chi connectivity index (χ3v) is 5.99. The maximum absolute atomic E-state index is 11.9. The maximum Gasteiger partial charge on any atom is 0.342 e. The van der Waals surface area contributed by atoms with Crippen LogP contribution in [0.2, 0.25) is 5.02 Å². The molecule has 0 bridgehead atoms. The summed E-state index contributed by atoms with van der Waals surface area (Å²) in [6.45, 7) is 1.73. The van der Waals surface area contributed by atoms with Crippen LogP contribution in [0.5, 0.6) is 5.75 Å². The molecule has 0 aliphatic carbocycles. The number of carboxylic acids is 1. The van der Waals surface area contributed by atoms with E-state index in [1.54, 1.807) is 43.3 Å². The molecule has 4 rings (SSSR count). The van der Waals surface area contributed by atoms with E-state index in [0.717, 1.165) is 11.8 Å². The van der Waals surface area contributed by atoms with E-state index in [0.29, 0.717) is 39.0 Å². The second kappa shape index (κ2) is 10.0. The van der Waals surface area contributed by atoms with E-state index in [1.807, 2.05) is 0 Å². The summed E-state index contributed by atoms with van der Waals surface area (Å²) in [7, 11) is 1.51. The number of ether oxygens (including phenoxy) is 1. The predicted octanol–water partition coefficient (Wildman–Crippen LogP) is 5.83. The van der Waals surface area contributed by atoms with Crippen molar-refractivity contribution in [3.63, 3.8) is 0 Å². The third-order valence-electron chi connectivity index (χ3n) is 4.88. The molecule has 0 saturated carbocycles. The van der Waals surface area contributed by atoms with Crippen molar-refractivity contribution in [2.75, 3.05) is 7.11 Å². The van der Waals surface area contributed by atoms with E-state index in [9.17, 15) is 20.0 Å². The number of halogens is 1. The van der Waals surface area contributed by atoms with Gasteiger partial charge in [0.05, 0.1) is 17.6 Å². The van der Waals surface area contributed by atoms with Crippen LogP contribution in [0.25, 0.3) is 28.8 Å². The molecule has 0 amide bonds. The number of rotatable bonds is 8. The Morgan fingerprint density at radius 1 is 1.23 bits per heavy atom. The zero-order valence-electron chi connectivity index (χ0n) is 18.3. The minimum atomic E-state index is -1.19. The number of aromatic amines is 1. The molecule has 0 atom stereocenters. The Labute approximate surface area is 207 Å². The Morgan fingerprint density at radius 2 is 2.03 bits per heavy atom. The smallest absolute Gasteiger partial charge is 0.342 e. The summed E-state index contributed by atoms with van der Waals surface area (Å²) < 4.78 is 11.1. The van der Waals surface area contributed by atoms with Crippen LogP contribution in [-0.2, 0) is 4.79 Å². The number of aliphatic carboxylic acids is 1. The number of non-ortho nitro benzene ring substituents is 1. The van der Waals surface area contributed by atoms with E-state index in [4.69, 9.17) is 20.8 Å². The summed E-state index contributed by atoms with van der Waals surface area (Å²) in [6.07, 6.45) is 1.35. The van der Waals surface area contributed by atoms with E-state index in [1.165, 1.54) is 25.3 Å². The molecule has 0 spiro atoms. The van der Waals surface area contributed by atoms with Gasteiger partial charge in [0.1, 0.15) is 22.2 Å². The standard InChI is InChI=1S/C23H17ClN4O6S/c1-12-9-14(28(31)32)4-6-16(12)19-8-5-15(34-19)11-20(22(29)30)35-23-25-21(26-27-23)17-10-13(24)3-7-18(17)33-2/h3-11H,1-2H3,(H,29,30)(H,25,26,27)/b20-11-. The molecule has 0 saturated heterocycles. The maximum atomic E-state index is 11.9. The van der Waals surface area contributed by atoms with E-state index >= 15 is 0 Å². The minimum absolute atomic E-state index is 0.0243. The molecular formula is C23H17ClN4O6S. The molecule has 10 nitrogen and oxygen atoms in total. The highest BCUT2D eigenvalue weighted by atomic mass is 35.5. The molecule has 2 aromatic heterocycles. The molecule has 4 aromatic rings. The first-order valence-electron chi connectivity index (χ1n) is 9.99. The van der Waals surface area contributed by atoms with Gasteiger partial charge in [0.2, 0.25) is 5.16 Å². The highest BCUT2D eigenvalue weighted by Crippen LogP contribution is 2.34. The molecular weight excluding hydrogens is 496 g/mol. The van der Waals surface area contributed by atoms with Crippen LogP contribution < -0.4 is 4.74 Å². The number of aryl methyl sites for hydroxylation is 1. The number of methoxy groups -OCH3 is 1. The second-order valence-electron chi connectivity index (χ2n) is 7.19. The van der Waals surface area contributed by atoms with Crippen LogP contribution in [-0.4, -0.2) is 38.3 Å². The number of hydrogen-bond donors (Lipinski definition) is 2. The number of nitrogens with zero attached hydrogens (tertiary/aromatic N) is 3. The molecule has 2 heterocycles. The fourth-order valence-electron chi connectivity index (χ4n) is 3.25. The zero-order valence-corrected chi connectivity index (χ0v) is 19.9. The van der Waals surface area contributed by atoms with Crippen molar-refractivity contribution in [2.24, 2.45) is 0 Å². The monoisotopic (exact) mass is 512 g/mol. The highest BCUT2D eigenvalue weighted by Gasteiger charge is 2.18. The summed E-state index contributed by atoms with van der Waals surface area (Å²) in [5, 5.41) is 28.2. The molecule has 0 fully saturated rings. The summed E-state index contributed by atoms with van der Waals surface area (Å²) >= 11 is 6.91. The first-order valence-corrected chi connectivity index (χ1v) is 11.2. The quantitative estimate of drug-likeness (QED) is 0.129. The molecule has 0 unspecified atom stereocenters. The van der Waals surface area contributed by atoms with Crippen molar-refractivity contribution in [1.29, 1.82) is 0 Å². The number of nitro groups is 1. The Hall–Kier alpha value is -4.09.